The van der Waals surface area contributed by atoms with Crippen molar-refractivity contribution in [3.8, 4) is 0 Å². The van der Waals surface area contributed by atoms with Gasteiger partial charge in [0.15, 0.2) is 0 Å². The third-order valence-corrected chi connectivity index (χ3v) is 4.16. The van der Waals surface area contributed by atoms with Crippen LogP contribution in [0.4, 0.5) is 16.2 Å². The molecule has 0 aliphatic heterocycles. The molecule has 1 aromatic carbocycles. The summed E-state index contributed by atoms with van der Waals surface area (Å²) in [6.45, 7) is 5.45. The van der Waals surface area contributed by atoms with Crippen LogP contribution >= 0.6 is 0 Å². The van der Waals surface area contributed by atoms with Crippen LogP contribution in [0.2, 0.25) is 0 Å². The Labute approximate surface area is 152 Å². The van der Waals surface area contributed by atoms with Crippen molar-refractivity contribution in [2.75, 3.05) is 5.32 Å². The van der Waals surface area contributed by atoms with Crippen LogP contribution in [-0.4, -0.2) is 35.0 Å². The van der Waals surface area contributed by atoms with Crippen LogP contribution in [0.25, 0.3) is 0 Å². The number of carbonyl (C=O) groups is 2. The van der Waals surface area contributed by atoms with E-state index in [4.69, 9.17) is 4.74 Å². The molecule has 0 radical (unpaired) electrons. The Kier molecular flexibility index (Phi) is 6.18. The van der Waals surface area contributed by atoms with E-state index >= 15 is 0 Å². The average Bonchev–Trinajstić information content (AvgIpc) is 2.55. The number of anilines is 1. The number of hydrogen-bond acceptors (Lipinski definition) is 6. The lowest BCUT2D eigenvalue weighted by molar-refractivity contribution is -0.384. The van der Waals surface area contributed by atoms with Crippen LogP contribution in [0.5, 0.6) is 0 Å². The highest BCUT2D eigenvalue weighted by Crippen LogP contribution is 2.29. The van der Waals surface area contributed by atoms with Crippen molar-refractivity contribution in [3.63, 3.8) is 0 Å². The summed E-state index contributed by atoms with van der Waals surface area (Å²) in [4.78, 5) is 33.3. The molecule has 0 atom stereocenters. The standard InChI is InChI=1S/C18H25N3O5/c1-18(2,3)26-17(23)20-14-7-5-13(6-8-14)19-15-9-4-12(11-22)10-16(15)21(24)25/h4,9-11,13-14,19H,5-8H2,1-3H3,(H,20,23)/t13-,14+. The molecule has 1 aliphatic carbocycles. The van der Waals surface area contributed by atoms with Gasteiger partial charge in [-0.05, 0) is 58.6 Å². The van der Waals surface area contributed by atoms with Crippen LogP contribution in [0.15, 0.2) is 18.2 Å². The summed E-state index contributed by atoms with van der Waals surface area (Å²) in [5.74, 6) is 0. The molecule has 0 unspecified atom stereocenters. The van der Waals surface area contributed by atoms with Crippen LogP contribution in [0, 0.1) is 10.1 Å². The van der Waals surface area contributed by atoms with E-state index in [2.05, 4.69) is 10.6 Å². The monoisotopic (exact) mass is 363 g/mol. The SMILES string of the molecule is CC(C)(C)OC(=O)N[C@H]1CC[C@@H](Nc2ccc(C=O)cc2[N+](=O)[O-])CC1. The van der Waals surface area contributed by atoms with E-state index in [-0.39, 0.29) is 23.3 Å². The first-order valence-corrected chi connectivity index (χ1v) is 8.67. The van der Waals surface area contributed by atoms with E-state index in [9.17, 15) is 19.7 Å². The summed E-state index contributed by atoms with van der Waals surface area (Å²) in [6, 6.07) is 4.50. The molecule has 142 valence electrons. The molecule has 0 heterocycles. The minimum absolute atomic E-state index is 0.0373. The third-order valence-electron chi connectivity index (χ3n) is 4.16. The van der Waals surface area contributed by atoms with Crippen molar-refractivity contribution in [2.45, 2.75) is 64.1 Å². The third kappa shape index (κ3) is 5.72. The Balaban J connectivity index is 1.90. The quantitative estimate of drug-likeness (QED) is 0.469. The molecule has 1 amide bonds. The number of carbonyl (C=O) groups excluding carboxylic acids is 2. The molecular weight excluding hydrogens is 338 g/mol. The van der Waals surface area contributed by atoms with Crippen molar-refractivity contribution < 1.29 is 19.2 Å². The van der Waals surface area contributed by atoms with Gasteiger partial charge in [0, 0.05) is 23.7 Å². The Morgan fingerprint density at radius 2 is 1.85 bits per heavy atom. The molecule has 0 saturated heterocycles. The highest BCUT2D eigenvalue weighted by molar-refractivity contribution is 5.79. The summed E-state index contributed by atoms with van der Waals surface area (Å²) in [7, 11) is 0. The number of nitrogens with zero attached hydrogens (tertiary/aromatic N) is 1. The molecule has 2 rings (SSSR count). The van der Waals surface area contributed by atoms with Gasteiger partial charge in [0.2, 0.25) is 0 Å². The zero-order valence-corrected chi connectivity index (χ0v) is 15.3. The lowest BCUT2D eigenvalue weighted by atomic mass is 9.91. The summed E-state index contributed by atoms with van der Waals surface area (Å²) in [5.41, 5.74) is 0.0374. The first kappa shape index (κ1) is 19.7. The van der Waals surface area contributed by atoms with Crippen molar-refractivity contribution in [1.29, 1.82) is 0 Å². The maximum Gasteiger partial charge on any atom is 0.407 e. The fraction of sp³-hybridized carbons (Fsp3) is 0.556. The topological polar surface area (TPSA) is 111 Å². The number of ether oxygens (including phenoxy) is 1. The van der Waals surface area contributed by atoms with Crippen molar-refractivity contribution in [2.24, 2.45) is 0 Å². The normalized spacial score (nSPS) is 20.1. The second-order valence-electron chi connectivity index (χ2n) is 7.49. The van der Waals surface area contributed by atoms with Gasteiger partial charge in [-0.15, -0.1) is 0 Å². The molecule has 0 bridgehead atoms. The number of nitrogens with one attached hydrogen (secondary N) is 2. The van der Waals surface area contributed by atoms with Gasteiger partial charge in [-0.2, -0.15) is 0 Å². The number of alkyl carbamates (subject to hydrolysis) is 1. The first-order valence-electron chi connectivity index (χ1n) is 8.67. The second-order valence-corrected chi connectivity index (χ2v) is 7.49. The summed E-state index contributed by atoms with van der Waals surface area (Å²) in [5, 5.41) is 17.3. The van der Waals surface area contributed by atoms with Crippen LogP contribution in [0.3, 0.4) is 0 Å². The van der Waals surface area contributed by atoms with E-state index in [0.29, 0.717) is 12.0 Å². The maximum atomic E-state index is 11.8. The molecule has 1 fully saturated rings. The molecule has 2 N–H and O–H groups in total. The molecule has 8 nitrogen and oxygen atoms in total. The van der Waals surface area contributed by atoms with E-state index in [0.717, 1.165) is 25.7 Å². The van der Waals surface area contributed by atoms with E-state index in [1.54, 1.807) is 12.1 Å². The summed E-state index contributed by atoms with van der Waals surface area (Å²) >= 11 is 0. The van der Waals surface area contributed by atoms with Gasteiger partial charge in [0.1, 0.15) is 17.6 Å². The zero-order valence-electron chi connectivity index (χ0n) is 15.3. The predicted molar refractivity (Wildman–Crippen MR) is 97.5 cm³/mol. The molecular formula is C18H25N3O5. The number of rotatable bonds is 5. The van der Waals surface area contributed by atoms with Crippen LogP contribution in [0.1, 0.15) is 56.8 Å². The average molecular weight is 363 g/mol. The van der Waals surface area contributed by atoms with Gasteiger partial charge in [0.25, 0.3) is 5.69 Å². The van der Waals surface area contributed by atoms with Crippen LogP contribution in [-0.2, 0) is 4.74 Å². The fourth-order valence-corrected chi connectivity index (χ4v) is 2.97. The van der Waals surface area contributed by atoms with Gasteiger partial charge >= 0.3 is 6.09 Å². The maximum absolute atomic E-state index is 11.8. The minimum atomic E-state index is -0.532. The largest absolute Gasteiger partial charge is 0.444 e. The van der Waals surface area contributed by atoms with E-state index in [1.807, 2.05) is 20.8 Å². The zero-order chi connectivity index (χ0) is 19.3. The Morgan fingerprint density at radius 1 is 1.23 bits per heavy atom. The Hall–Kier alpha value is -2.64. The predicted octanol–water partition coefficient (Wildman–Crippen LogP) is 3.66. The second kappa shape index (κ2) is 8.16. The lowest BCUT2D eigenvalue weighted by Crippen LogP contribution is -2.42. The minimum Gasteiger partial charge on any atom is -0.444 e. The smallest absolute Gasteiger partial charge is 0.407 e. The Morgan fingerprint density at radius 3 is 2.38 bits per heavy atom. The van der Waals surface area contributed by atoms with E-state index < -0.39 is 16.6 Å². The molecule has 0 aromatic heterocycles. The van der Waals surface area contributed by atoms with Gasteiger partial charge < -0.3 is 15.4 Å². The first-order chi connectivity index (χ1) is 12.2. The molecule has 8 heteroatoms. The molecule has 1 saturated carbocycles. The fourth-order valence-electron chi connectivity index (χ4n) is 2.97. The van der Waals surface area contributed by atoms with Gasteiger partial charge in [-0.25, -0.2) is 4.79 Å². The summed E-state index contributed by atoms with van der Waals surface area (Å²) in [6.07, 6.45) is 3.23. The number of aldehydes is 1. The highest BCUT2D eigenvalue weighted by atomic mass is 16.6. The Bertz CT molecular complexity index is 676. The van der Waals surface area contributed by atoms with Crippen molar-refractivity contribution in [1.82, 2.24) is 5.32 Å². The van der Waals surface area contributed by atoms with Gasteiger partial charge in [-0.3, -0.25) is 14.9 Å². The van der Waals surface area contributed by atoms with Crippen molar-refractivity contribution in [3.05, 3.63) is 33.9 Å². The van der Waals surface area contributed by atoms with Crippen LogP contribution < -0.4 is 10.6 Å². The summed E-state index contributed by atoms with van der Waals surface area (Å²) < 4.78 is 5.26. The molecule has 0 spiro atoms. The van der Waals surface area contributed by atoms with Gasteiger partial charge in [0.05, 0.1) is 4.92 Å². The number of nitro groups is 1. The van der Waals surface area contributed by atoms with E-state index in [1.165, 1.54) is 6.07 Å². The van der Waals surface area contributed by atoms with Crippen molar-refractivity contribution >= 4 is 23.8 Å². The van der Waals surface area contributed by atoms with Gasteiger partial charge in [-0.1, -0.05) is 0 Å². The molecule has 1 aromatic rings. The molecule has 26 heavy (non-hydrogen) atoms. The number of nitro benzene ring substituents is 1. The number of hydrogen-bond donors (Lipinski definition) is 2. The number of benzene rings is 1. The molecule has 1 aliphatic rings. The number of amides is 1. The highest BCUT2D eigenvalue weighted by Gasteiger charge is 2.26. The lowest BCUT2D eigenvalue weighted by Gasteiger charge is -2.31.